The summed E-state index contributed by atoms with van der Waals surface area (Å²) in [4.78, 5) is 11.4. The van der Waals surface area contributed by atoms with E-state index in [1.165, 1.54) is 0 Å². The Balaban J connectivity index is 2.29. The van der Waals surface area contributed by atoms with Crippen LogP contribution in [0.1, 0.15) is 38.3 Å². The number of nitrogens with zero attached hydrogens (tertiary/aromatic N) is 1. The molecule has 21 heavy (non-hydrogen) atoms. The van der Waals surface area contributed by atoms with Crippen LogP contribution in [0.15, 0.2) is 30.3 Å². The number of nitrogens with one attached hydrogen (secondary N) is 1. The molecule has 0 saturated heterocycles. The molecule has 4 heteroatoms. The van der Waals surface area contributed by atoms with Gasteiger partial charge in [-0.1, -0.05) is 36.4 Å². The van der Waals surface area contributed by atoms with Crippen molar-refractivity contribution in [3.05, 3.63) is 41.5 Å². The lowest BCUT2D eigenvalue weighted by Crippen LogP contribution is -2.32. The standard InChI is InChI=1S/C17H22N2O2/c1-17(2,3)21-16(20)19-13-5-4-6-14-7-9-15(10-8-14)11-12-18/h4,6-10H,5,11,13H2,1-3H3,(H,19,20). The van der Waals surface area contributed by atoms with E-state index in [0.717, 1.165) is 17.5 Å². The topological polar surface area (TPSA) is 62.1 Å². The molecule has 4 nitrogen and oxygen atoms in total. The van der Waals surface area contributed by atoms with Crippen molar-refractivity contribution in [2.75, 3.05) is 6.54 Å². The molecular formula is C17H22N2O2. The normalized spacial score (nSPS) is 11.1. The fraction of sp³-hybridized carbons (Fsp3) is 0.412. The van der Waals surface area contributed by atoms with Crippen molar-refractivity contribution < 1.29 is 9.53 Å². The van der Waals surface area contributed by atoms with Gasteiger partial charge >= 0.3 is 6.09 Å². The van der Waals surface area contributed by atoms with Gasteiger partial charge in [-0.3, -0.25) is 0 Å². The van der Waals surface area contributed by atoms with Crippen molar-refractivity contribution in [1.29, 1.82) is 5.26 Å². The average molecular weight is 286 g/mol. The van der Waals surface area contributed by atoms with Crippen LogP contribution in [-0.4, -0.2) is 18.2 Å². The van der Waals surface area contributed by atoms with Gasteiger partial charge in [0.1, 0.15) is 5.60 Å². The van der Waals surface area contributed by atoms with Crippen molar-refractivity contribution in [2.24, 2.45) is 0 Å². The molecule has 1 aromatic carbocycles. The first kappa shape index (κ1) is 16.8. The number of carbonyl (C=O) groups excluding carboxylic acids is 1. The summed E-state index contributed by atoms with van der Waals surface area (Å²) in [6.45, 7) is 6.05. The van der Waals surface area contributed by atoms with E-state index in [9.17, 15) is 4.79 Å². The van der Waals surface area contributed by atoms with E-state index in [4.69, 9.17) is 10.00 Å². The van der Waals surface area contributed by atoms with E-state index in [1.54, 1.807) is 0 Å². The van der Waals surface area contributed by atoms with E-state index in [1.807, 2.05) is 57.2 Å². The Morgan fingerprint density at radius 2 is 2.00 bits per heavy atom. The van der Waals surface area contributed by atoms with Crippen LogP contribution >= 0.6 is 0 Å². The quantitative estimate of drug-likeness (QED) is 0.840. The molecule has 112 valence electrons. The minimum absolute atomic E-state index is 0.392. The number of nitriles is 1. The summed E-state index contributed by atoms with van der Waals surface area (Å²) in [5, 5.41) is 11.3. The number of rotatable bonds is 5. The molecule has 1 N–H and O–H groups in total. The highest BCUT2D eigenvalue weighted by atomic mass is 16.6. The molecule has 0 atom stereocenters. The molecule has 0 spiro atoms. The minimum Gasteiger partial charge on any atom is -0.444 e. The summed E-state index contributed by atoms with van der Waals surface area (Å²) in [6, 6.07) is 9.97. The van der Waals surface area contributed by atoms with Gasteiger partial charge in [-0.05, 0) is 38.3 Å². The number of hydrogen-bond acceptors (Lipinski definition) is 3. The smallest absolute Gasteiger partial charge is 0.407 e. The van der Waals surface area contributed by atoms with Gasteiger partial charge in [-0.2, -0.15) is 5.26 Å². The fourth-order valence-corrected chi connectivity index (χ4v) is 1.63. The minimum atomic E-state index is -0.467. The van der Waals surface area contributed by atoms with Gasteiger partial charge in [-0.15, -0.1) is 0 Å². The third-order valence-electron chi connectivity index (χ3n) is 2.55. The van der Waals surface area contributed by atoms with Crippen LogP contribution in [0.3, 0.4) is 0 Å². The molecule has 0 aromatic heterocycles. The van der Waals surface area contributed by atoms with E-state index in [0.29, 0.717) is 13.0 Å². The molecule has 1 aromatic rings. The first-order chi connectivity index (χ1) is 9.90. The van der Waals surface area contributed by atoms with Gasteiger partial charge < -0.3 is 10.1 Å². The van der Waals surface area contributed by atoms with Crippen LogP contribution in [0.2, 0.25) is 0 Å². The highest BCUT2D eigenvalue weighted by Gasteiger charge is 2.14. The lowest BCUT2D eigenvalue weighted by Gasteiger charge is -2.19. The fourth-order valence-electron chi connectivity index (χ4n) is 1.63. The van der Waals surface area contributed by atoms with Gasteiger partial charge in [0.25, 0.3) is 0 Å². The number of hydrogen-bond donors (Lipinski definition) is 1. The van der Waals surface area contributed by atoms with Crippen LogP contribution in [0.5, 0.6) is 0 Å². The molecule has 0 unspecified atom stereocenters. The monoisotopic (exact) mass is 286 g/mol. The van der Waals surface area contributed by atoms with E-state index >= 15 is 0 Å². The third-order valence-corrected chi connectivity index (χ3v) is 2.55. The van der Waals surface area contributed by atoms with Gasteiger partial charge in [0.15, 0.2) is 0 Å². The second kappa shape index (κ2) is 8.11. The van der Waals surface area contributed by atoms with Crippen LogP contribution < -0.4 is 5.32 Å². The Morgan fingerprint density at radius 1 is 1.33 bits per heavy atom. The van der Waals surface area contributed by atoms with Crippen molar-refractivity contribution in [1.82, 2.24) is 5.32 Å². The highest BCUT2D eigenvalue weighted by Crippen LogP contribution is 2.08. The zero-order valence-corrected chi connectivity index (χ0v) is 12.8. The Hall–Kier alpha value is -2.28. The summed E-state index contributed by atoms with van der Waals surface area (Å²) in [5.41, 5.74) is 1.63. The second-order valence-corrected chi connectivity index (χ2v) is 5.70. The number of ether oxygens (including phenoxy) is 1. The highest BCUT2D eigenvalue weighted by molar-refractivity contribution is 5.67. The molecule has 0 aliphatic rings. The van der Waals surface area contributed by atoms with Gasteiger partial charge in [0.05, 0.1) is 12.5 Å². The van der Waals surface area contributed by atoms with E-state index in [-0.39, 0.29) is 0 Å². The Morgan fingerprint density at radius 3 is 2.57 bits per heavy atom. The summed E-state index contributed by atoms with van der Waals surface area (Å²) in [5.74, 6) is 0. The predicted octanol–water partition coefficient (Wildman–Crippen LogP) is 3.68. The molecule has 0 saturated carbocycles. The maximum Gasteiger partial charge on any atom is 0.407 e. The predicted molar refractivity (Wildman–Crippen MR) is 83.6 cm³/mol. The van der Waals surface area contributed by atoms with Crippen LogP contribution in [-0.2, 0) is 11.2 Å². The van der Waals surface area contributed by atoms with E-state index < -0.39 is 11.7 Å². The maximum absolute atomic E-state index is 11.4. The summed E-state index contributed by atoms with van der Waals surface area (Å²) >= 11 is 0. The molecule has 0 fully saturated rings. The molecule has 0 radical (unpaired) electrons. The van der Waals surface area contributed by atoms with Crippen LogP contribution in [0.4, 0.5) is 4.79 Å². The second-order valence-electron chi connectivity index (χ2n) is 5.70. The Kier molecular flexibility index (Phi) is 6.48. The SMILES string of the molecule is CC(C)(C)OC(=O)NCCC=Cc1ccc(CC#N)cc1. The number of carbonyl (C=O) groups is 1. The van der Waals surface area contributed by atoms with Crippen molar-refractivity contribution in [2.45, 2.75) is 39.2 Å². The zero-order valence-electron chi connectivity index (χ0n) is 12.8. The van der Waals surface area contributed by atoms with Crippen LogP contribution in [0, 0.1) is 11.3 Å². The van der Waals surface area contributed by atoms with Gasteiger partial charge in [0, 0.05) is 6.54 Å². The number of amides is 1. The largest absolute Gasteiger partial charge is 0.444 e. The third kappa shape index (κ3) is 7.78. The van der Waals surface area contributed by atoms with Crippen molar-refractivity contribution in [3.8, 4) is 6.07 Å². The molecule has 0 aliphatic carbocycles. The summed E-state index contributed by atoms with van der Waals surface area (Å²) < 4.78 is 5.14. The van der Waals surface area contributed by atoms with Gasteiger partial charge in [0.2, 0.25) is 0 Å². The lowest BCUT2D eigenvalue weighted by molar-refractivity contribution is 0.0529. The first-order valence-corrected chi connectivity index (χ1v) is 7.00. The van der Waals surface area contributed by atoms with Crippen molar-refractivity contribution in [3.63, 3.8) is 0 Å². The van der Waals surface area contributed by atoms with Crippen LogP contribution in [0.25, 0.3) is 6.08 Å². The number of alkyl carbamates (subject to hydrolysis) is 1. The molecule has 0 bridgehead atoms. The molecule has 0 heterocycles. The summed E-state index contributed by atoms with van der Waals surface area (Å²) in [6.07, 6.45) is 4.77. The molecule has 1 amide bonds. The summed E-state index contributed by atoms with van der Waals surface area (Å²) in [7, 11) is 0. The zero-order chi connectivity index (χ0) is 15.7. The molecular weight excluding hydrogens is 264 g/mol. The van der Waals surface area contributed by atoms with Gasteiger partial charge in [-0.25, -0.2) is 4.79 Å². The van der Waals surface area contributed by atoms with Crippen molar-refractivity contribution >= 4 is 12.2 Å². The Bertz CT molecular complexity index is 519. The van der Waals surface area contributed by atoms with E-state index in [2.05, 4.69) is 11.4 Å². The first-order valence-electron chi connectivity index (χ1n) is 7.00. The number of benzene rings is 1. The lowest BCUT2D eigenvalue weighted by atomic mass is 10.1. The maximum atomic E-state index is 11.4. The molecule has 0 aliphatic heterocycles. The average Bonchev–Trinajstić information content (AvgIpc) is 2.38. The Labute approximate surface area is 126 Å². The molecule has 1 rings (SSSR count).